The first kappa shape index (κ1) is 13.4. The van der Waals surface area contributed by atoms with Crippen LogP contribution in [-0.4, -0.2) is 17.9 Å². The Hall–Kier alpha value is -3.00. The highest BCUT2D eigenvalue weighted by Gasteiger charge is 2.14. The molecule has 0 aliphatic carbocycles. The third kappa shape index (κ3) is 2.54. The fourth-order valence-electron chi connectivity index (χ4n) is 1.96. The van der Waals surface area contributed by atoms with E-state index in [0.29, 0.717) is 11.4 Å². The van der Waals surface area contributed by atoms with Gasteiger partial charge in [0.15, 0.2) is 0 Å². The second kappa shape index (κ2) is 5.76. The van der Waals surface area contributed by atoms with E-state index in [1.165, 1.54) is 0 Å². The lowest BCUT2D eigenvalue weighted by molar-refractivity contribution is -0.114. The number of aromatic nitrogens is 1. The highest BCUT2D eigenvalue weighted by molar-refractivity contribution is 6.03. The van der Waals surface area contributed by atoms with Crippen molar-refractivity contribution < 1.29 is 4.79 Å². The fraction of sp³-hybridized carbons (Fsp3) is 0.0667. The normalized spacial score (nSPS) is 11.4. The Morgan fingerprint density at radius 2 is 1.95 bits per heavy atom. The number of aromatic amines is 1. The summed E-state index contributed by atoms with van der Waals surface area (Å²) in [6.45, 7) is 0. The molecule has 0 saturated carbocycles. The van der Waals surface area contributed by atoms with Gasteiger partial charge in [0, 0.05) is 12.7 Å². The number of benzene rings is 1. The molecule has 2 rings (SSSR count). The number of hydrogen-bond acceptors (Lipinski definition) is 3. The van der Waals surface area contributed by atoms with E-state index >= 15 is 0 Å². The maximum atomic E-state index is 11.3. The minimum Gasteiger partial charge on any atom is -0.385 e. The van der Waals surface area contributed by atoms with Gasteiger partial charge >= 0.3 is 0 Å². The SMILES string of the molecule is CN/C(=C(/C#N)C(N)=O)c1ccc(-c2ccccc2)[nH]1. The Balaban J connectivity index is 2.47. The average molecular weight is 266 g/mol. The predicted molar refractivity (Wildman–Crippen MR) is 77.0 cm³/mol. The predicted octanol–water partition coefficient (Wildman–Crippen LogP) is 1.62. The molecular weight excluding hydrogens is 252 g/mol. The minimum atomic E-state index is -0.757. The second-order valence-electron chi connectivity index (χ2n) is 4.13. The maximum absolute atomic E-state index is 11.3. The number of carbonyl (C=O) groups is 1. The van der Waals surface area contributed by atoms with E-state index in [-0.39, 0.29) is 5.57 Å². The number of amides is 1. The summed E-state index contributed by atoms with van der Waals surface area (Å²) in [4.78, 5) is 14.4. The first-order valence-electron chi connectivity index (χ1n) is 6.04. The molecule has 1 amide bonds. The van der Waals surface area contributed by atoms with Crippen LogP contribution in [0.2, 0.25) is 0 Å². The van der Waals surface area contributed by atoms with Crippen molar-refractivity contribution in [1.29, 1.82) is 5.26 Å². The molecule has 100 valence electrons. The first-order valence-corrected chi connectivity index (χ1v) is 6.04. The molecule has 20 heavy (non-hydrogen) atoms. The summed E-state index contributed by atoms with van der Waals surface area (Å²) in [6, 6.07) is 15.3. The van der Waals surface area contributed by atoms with E-state index in [9.17, 15) is 4.79 Å². The van der Waals surface area contributed by atoms with Crippen LogP contribution in [0.4, 0.5) is 0 Å². The Morgan fingerprint density at radius 1 is 1.25 bits per heavy atom. The van der Waals surface area contributed by atoms with Gasteiger partial charge in [-0.15, -0.1) is 0 Å². The number of hydrogen-bond donors (Lipinski definition) is 3. The third-order valence-electron chi connectivity index (χ3n) is 2.90. The molecule has 0 unspecified atom stereocenters. The lowest BCUT2D eigenvalue weighted by atomic mass is 10.1. The van der Waals surface area contributed by atoms with Crippen LogP contribution in [0.25, 0.3) is 17.0 Å². The first-order chi connectivity index (χ1) is 9.67. The van der Waals surface area contributed by atoms with Crippen LogP contribution in [-0.2, 0) is 4.79 Å². The zero-order chi connectivity index (χ0) is 14.5. The molecule has 0 radical (unpaired) electrons. The quantitative estimate of drug-likeness (QED) is 0.579. The van der Waals surface area contributed by atoms with Crippen molar-refractivity contribution in [2.45, 2.75) is 0 Å². The lowest BCUT2D eigenvalue weighted by Crippen LogP contribution is -2.19. The number of primary amides is 1. The molecule has 0 bridgehead atoms. The fourth-order valence-corrected chi connectivity index (χ4v) is 1.96. The summed E-state index contributed by atoms with van der Waals surface area (Å²) in [5, 5.41) is 11.9. The summed E-state index contributed by atoms with van der Waals surface area (Å²) in [5.74, 6) is -0.757. The smallest absolute Gasteiger partial charge is 0.261 e. The summed E-state index contributed by atoms with van der Waals surface area (Å²) in [6.07, 6.45) is 0. The van der Waals surface area contributed by atoms with Gasteiger partial charge in [-0.05, 0) is 17.7 Å². The zero-order valence-electron chi connectivity index (χ0n) is 11.0. The van der Waals surface area contributed by atoms with E-state index in [1.807, 2.05) is 42.5 Å². The number of nitriles is 1. The van der Waals surface area contributed by atoms with Crippen LogP contribution in [0, 0.1) is 11.3 Å². The topological polar surface area (TPSA) is 94.7 Å². The molecular formula is C15H14N4O. The number of carbonyl (C=O) groups excluding carboxylic acids is 1. The van der Waals surface area contributed by atoms with Gasteiger partial charge in [-0.25, -0.2) is 0 Å². The number of rotatable bonds is 4. The van der Waals surface area contributed by atoms with E-state index in [4.69, 9.17) is 11.0 Å². The third-order valence-corrected chi connectivity index (χ3v) is 2.90. The van der Waals surface area contributed by atoms with Gasteiger partial charge in [0.05, 0.1) is 11.4 Å². The Morgan fingerprint density at radius 3 is 2.50 bits per heavy atom. The van der Waals surface area contributed by atoms with Crippen LogP contribution < -0.4 is 11.1 Å². The number of nitrogens with one attached hydrogen (secondary N) is 2. The second-order valence-corrected chi connectivity index (χ2v) is 4.13. The molecule has 5 nitrogen and oxygen atoms in total. The Bertz CT molecular complexity index is 692. The number of H-pyrrole nitrogens is 1. The summed E-state index contributed by atoms with van der Waals surface area (Å²) in [7, 11) is 1.64. The van der Waals surface area contributed by atoms with Crippen molar-refractivity contribution in [3.05, 3.63) is 53.7 Å². The van der Waals surface area contributed by atoms with Crippen LogP contribution >= 0.6 is 0 Å². The maximum Gasteiger partial charge on any atom is 0.261 e. The van der Waals surface area contributed by atoms with Crippen molar-refractivity contribution in [2.24, 2.45) is 5.73 Å². The van der Waals surface area contributed by atoms with Crippen LogP contribution in [0.5, 0.6) is 0 Å². The van der Waals surface area contributed by atoms with Crippen molar-refractivity contribution in [3.63, 3.8) is 0 Å². The molecule has 0 aliphatic rings. The van der Waals surface area contributed by atoms with Gasteiger partial charge in [0.2, 0.25) is 0 Å². The summed E-state index contributed by atoms with van der Waals surface area (Å²) in [5.41, 5.74) is 8.05. The lowest BCUT2D eigenvalue weighted by Gasteiger charge is -2.06. The van der Waals surface area contributed by atoms with Crippen LogP contribution in [0.3, 0.4) is 0 Å². The Labute approximate surface area is 116 Å². The van der Waals surface area contributed by atoms with Gasteiger partial charge in [-0.3, -0.25) is 4.79 Å². The molecule has 0 spiro atoms. The average Bonchev–Trinajstić information content (AvgIpc) is 2.94. The van der Waals surface area contributed by atoms with E-state index in [2.05, 4.69) is 10.3 Å². The van der Waals surface area contributed by atoms with Crippen LogP contribution in [0.1, 0.15) is 5.69 Å². The van der Waals surface area contributed by atoms with E-state index < -0.39 is 5.91 Å². The molecule has 0 atom stereocenters. The largest absolute Gasteiger partial charge is 0.385 e. The van der Waals surface area contributed by atoms with Gasteiger partial charge in [-0.2, -0.15) is 5.26 Å². The van der Waals surface area contributed by atoms with Gasteiger partial charge in [0.1, 0.15) is 11.6 Å². The Kier molecular flexibility index (Phi) is 3.87. The zero-order valence-corrected chi connectivity index (χ0v) is 11.0. The van der Waals surface area contributed by atoms with Crippen molar-refractivity contribution in [2.75, 3.05) is 7.05 Å². The summed E-state index contributed by atoms with van der Waals surface area (Å²) >= 11 is 0. The minimum absolute atomic E-state index is 0.103. The molecule has 0 fully saturated rings. The molecule has 1 heterocycles. The number of nitrogens with two attached hydrogens (primary N) is 1. The standard InChI is InChI=1S/C15H14N4O/c1-18-14(11(9-16)15(17)20)13-8-7-12(19-13)10-5-3-2-4-6-10/h2-8,18-19H,1H3,(H2,17,20)/b14-11-. The monoisotopic (exact) mass is 266 g/mol. The van der Waals surface area contributed by atoms with Crippen molar-refractivity contribution in [1.82, 2.24) is 10.3 Å². The molecule has 4 N–H and O–H groups in total. The van der Waals surface area contributed by atoms with E-state index in [1.54, 1.807) is 13.1 Å². The van der Waals surface area contributed by atoms with Gasteiger partial charge < -0.3 is 16.0 Å². The molecule has 0 saturated heterocycles. The molecule has 1 aromatic heterocycles. The number of nitrogens with zero attached hydrogens (tertiary/aromatic N) is 1. The van der Waals surface area contributed by atoms with Gasteiger partial charge in [-0.1, -0.05) is 30.3 Å². The highest BCUT2D eigenvalue weighted by Crippen LogP contribution is 2.22. The molecule has 1 aromatic carbocycles. The highest BCUT2D eigenvalue weighted by atomic mass is 16.1. The molecule has 0 aliphatic heterocycles. The summed E-state index contributed by atoms with van der Waals surface area (Å²) < 4.78 is 0. The van der Waals surface area contributed by atoms with Gasteiger partial charge in [0.25, 0.3) is 5.91 Å². The molecule has 2 aromatic rings. The van der Waals surface area contributed by atoms with Crippen molar-refractivity contribution in [3.8, 4) is 17.3 Å². The van der Waals surface area contributed by atoms with E-state index in [0.717, 1.165) is 11.3 Å². The van der Waals surface area contributed by atoms with Crippen LogP contribution in [0.15, 0.2) is 48.0 Å². The molecule has 5 heteroatoms. The van der Waals surface area contributed by atoms with Crippen molar-refractivity contribution >= 4 is 11.6 Å².